The maximum absolute atomic E-state index is 6.29. The Kier molecular flexibility index (Phi) is 14.4. The fourth-order valence-corrected chi connectivity index (χ4v) is 9.87. The number of hydrogen-bond acceptors (Lipinski definition) is 2. The average Bonchev–Trinajstić information content (AvgIpc) is 3.87. The van der Waals surface area contributed by atoms with Crippen LogP contribution in [0.1, 0.15) is 42.5 Å². The summed E-state index contributed by atoms with van der Waals surface area (Å²) in [5.74, 6) is 0. The lowest BCUT2D eigenvalue weighted by Gasteiger charge is -2.32. The molecule has 1 aliphatic rings. The van der Waals surface area contributed by atoms with Crippen molar-refractivity contribution in [3.8, 4) is 22.5 Å². The van der Waals surface area contributed by atoms with Crippen molar-refractivity contribution in [3.63, 3.8) is 0 Å². The number of nitrogens with zero attached hydrogens (tertiary/aromatic N) is 2. The van der Waals surface area contributed by atoms with Crippen LogP contribution in [-0.2, 0) is 9.31 Å². The van der Waals surface area contributed by atoms with Crippen LogP contribution < -0.4 is 5.46 Å². The first kappa shape index (κ1) is 47.0. The minimum Gasteiger partial charge on any atom is -0.399 e. The molecule has 0 unspecified atom stereocenters. The van der Waals surface area contributed by atoms with E-state index in [9.17, 15) is 0 Å². The van der Waals surface area contributed by atoms with Crippen LogP contribution in [0.5, 0.6) is 0 Å². The number of halogens is 3. The molecule has 1 fully saturated rings. The van der Waals surface area contributed by atoms with Gasteiger partial charge in [-0.3, -0.25) is 0 Å². The fraction of sp³-hybridized carbons (Fsp3) is 0.143. The zero-order valence-corrected chi connectivity index (χ0v) is 40.2. The Hall–Kier alpha value is -4.97. The molecule has 3 heterocycles. The number of para-hydroxylation sites is 4. The quantitative estimate of drug-likeness (QED) is 0.130. The van der Waals surface area contributed by atoms with Crippen molar-refractivity contribution in [1.82, 2.24) is 9.13 Å². The first-order valence-electron chi connectivity index (χ1n) is 20.7. The number of benzene rings is 8. The van der Waals surface area contributed by atoms with Gasteiger partial charge >= 0.3 is 7.12 Å². The second-order valence-electron chi connectivity index (χ2n) is 16.4. The molecule has 8 aromatic carbocycles. The van der Waals surface area contributed by atoms with Crippen LogP contribution in [0.3, 0.4) is 0 Å². The Morgan fingerprint density at radius 1 is 0.422 bits per heavy atom. The molecule has 4 nitrogen and oxygen atoms in total. The molecule has 1 saturated heterocycles. The maximum atomic E-state index is 6.29. The van der Waals surface area contributed by atoms with E-state index in [1.165, 1.54) is 64.0 Å². The molecule has 0 bridgehead atoms. The summed E-state index contributed by atoms with van der Waals surface area (Å²) in [5.41, 5.74) is 9.96. The standard InChI is InChI=1S/C24H24BNO2.C24H16BrN.C6H4BrI.2CH4/c1-23(2)24(3,4)28-25(27-23)17-14-15-20-19-12-8-9-13-21(19)26(22(20)16-17)18-10-6-5-7-11-18;25-19-8-6-7-17(15-19)18-13-14-22-21-11-4-5-12-23(21)26(24(22)16-18)20-9-2-1-3-10-20;7-5-2-1-3-6(8)4-5;;/h5-16H,1-4H3;1-16H;1-4H;2*1H4. The van der Waals surface area contributed by atoms with E-state index in [0.717, 1.165) is 20.1 Å². The third-order valence-electron chi connectivity index (χ3n) is 11.9. The molecule has 64 heavy (non-hydrogen) atoms. The van der Waals surface area contributed by atoms with Crippen molar-refractivity contribution in [2.24, 2.45) is 0 Å². The van der Waals surface area contributed by atoms with Crippen LogP contribution >= 0.6 is 54.5 Å². The van der Waals surface area contributed by atoms with Gasteiger partial charge < -0.3 is 18.4 Å². The van der Waals surface area contributed by atoms with Crippen LogP contribution in [0.4, 0.5) is 0 Å². The minimum absolute atomic E-state index is 0. The van der Waals surface area contributed by atoms with Crippen molar-refractivity contribution in [3.05, 3.63) is 207 Å². The Morgan fingerprint density at radius 3 is 1.36 bits per heavy atom. The lowest BCUT2D eigenvalue weighted by atomic mass is 9.79. The highest BCUT2D eigenvalue weighted by molar-refractivity contribution is 14.1. The molecule has 2 aromatic heterocycles. The van der Waals surface area contributed by atoms with Crippen molar-refractivity contribution in [2.75, 3.05) is 0 Å². The minimum atomic E-state index is -0.364. The molecule has 11 rings (SSSR count). The summed E-state index contributed by atoms with van der Waals surface area (Å²) in [5, 5.41) is 5.05. The fourth-order valence-electron chi connectivity index (χ4n) is 8.10. The summed E-state index contributed by atoms with van der Waals surface area (Å²) in [6.45, 7) is 8.36. The predicted molar refractivity (Wildman–Crippen MR) is 291 cm³/mol. The van der Waals surface area contributed by atoms with Gasteiger partial charge in [-0.25, -0.2) is 0 Å². The first-order chi connectivity index (χ1) is 30.0. The topological polar surface area (TPSA) is 28.3 Å². The number of fused-ring (bicyclic) bond motifs is 6. The van der Waals surface area contributed by atoms with Gasteiger partial charge in [0.25, 0.3) is 0 Å². The van der Waals surface area contributed by atoms with Crippen molar-refractivity contribution in [1.29, 1.82) is 0 Å². The first-order valence-corrected chi connectivity index (χ1v) is 23.3. The summed E-state index contributed by atoms with van der Waals surface area (Å²) >= 11 is 9.22. The molecule has 0 atom stereocenters. The second-order valence-corrected chi connectivity index (χ2v) is 19.5. The van der Waals surface area contributed by atoms with Gasteiger partial charge in [-0.05, 0) is 146 Å². The molecular weight excluding hydrogens is 1030 g/mol. The molecule has 0 radical (unpaired) electrons. The Balaban J connectivity index is 0.000000159. The van der Waals surface area contributed by atoms with Crippen LogP contribution in [0.15, 0.2) is 203 Å². The lowest BCUT2D eigenvalue weighted by molar-refractivity contribution is 0.00578. The molecule has 322 valence electrons. The Bertz CT molecular complexity index is 3170. The van der Waals surface area contributed by atoms with Gasteiger partial charge in [-0.1, -0.05) is 162 Å². The van der Waals surface area contributed by atoms with Gasteiger partial charge in [0.1, 0.15) is 0 Å². The molecule has 1 aliphatic heterocycles. The van der Waals surface area contributed by atoms with E-state index in [-0.39, 0.29) is 33.2 Å². The third-order valence-corrected chi connectivity index (χ3v) is 13.5. The van der Waals surface area contributed by atoms with Gasteiger partial charge in [-0.2, -0.15) is 0 Å². The van der Waals surface area contributed by atoms with Crippen molar-refractivity contribution >= 4 is 111 Å². The summed E-state index contributed by atoms with van der Waals surface area (Å²) in [4.78, 5) is 0. The zero-order chi connectivity index (χ0) is 43.0. The predicted octanol–water partition coefficient (Wildman–Crippen LogP) is 16.6. The van der Waals surface area contributed by atoms with Gasteiger partial charge in [0.2, 0.25) is 0 Å². The number of aromatic nitrogens is 2. The van der Waals surface area contributed by atoms with E-state index >= 15 is 0 Å². The Labute approximate surface area is 408 Å². The van der Waals surface area contributed by atoms with E-state index in [1.54, 1.807) is 0 Å². The molecule has 8 heteroatoms. The second kappa shape index (κ2) is 19.6. The third kappa shape index (κ3) is 9.40. The average molecular weight is 1080 g/mol. The maximum Gasteiger partial charge on any atom is 0.494 e. The smallest absolute Gasteiger partial charge is 0.399 e. The van der Waals surface area contributed by atoms with E-state index in [0.29, 0.717) is 0 Å². The molecule has 0 N–H and O–H groups in total. The SMILES string of the molecule is Brc1cccc(-c2ccc3c4ccccc4n(-c4ccccc4)c3c2)c1.Brc1cccc(I)c1.C.C.CC1(C)OB(c2ccc3c4ccccc4n(-c4ccccc4)c3c2)OC1(C)C. The summed E-state index contributed by atoms with van der Waals surface area (Å²) in [6.07, 6.45) is 0. The highest BCUT2D eigenvalue weighted by Crippen LogP contribution is 2.38. The molecule has 0 aliphatic carbocycles. The van der Waals surface area contributed by atoms with Crippen LogP contribution in [0.25, 0.3) is 66.1 Å². The van der Waals surface area contributed by atoms with E-state index in [4.69, 9.17) is 9.31 Å². The molecule has 10 aromatic rings. The Morgan fingerprint density at radius 2 is 0.859 bits per heavy atom. The van der Waals surface area contributed by atoms with Gasteiger partial charge in [0.05, 0.1) is 33.3 Å². The summed E-state index contributed by atoms with van der Waals surface area (Å²) in [7, 11) is -0.364. The normalized spacial score (nSPS) is 13.7. The van der Waals surface area contributed by atoms with Gasteiger partial charge in [0.15, 0.2) is 0 Å². The highest BCUT2D eigenvalue weighted by atomic mass is 127. The van der Waals surface area contributed by atoms with Crippen LogP contribution in [0.2, 0.25) is 0 Å². The van der Waals surface area contributed by atoms with E-state index in [1.807, 2.05) is 18.2 Å². The van der Waals surface area contributed by atoms with E-state index < -0.39 is 0 Å². The van der Waals surface area contributed by atoms with Gasteiger partial charge in [-0.15, -0.1) is 0 Å². The molecule has 0 spiro atoms. The molecule has 0 saturated carbocycles. The molecule has 0 amide bonds. The van der Waals surface area contributed by atoms with Crippen LogP contribution in [-0.4, -0.2) is 27.5 Å². The number of rotatable bonds is 4. The highest BCUT2D eigenvalue weighted by Gasteiger charge is 2.51. The summed E-state index contributed by atoms with van der Waals surface area (Å²) < 4.78 is 20.7. The van der Waals surface area contributed by atoms with E-state index in [2.05, 4.69) is 267 Å². The largest absolute Gasteiger partial charge is 0.494 e. The van der Waals surface area contributed by atoms with Gasteiger partial charge in [0, 0.05) is 45.4 Å². The van der Waals surface area contributed by atoms with Crippen molar-refractivity contribution < 1.29 is 9.31 Å². The monoisotopic (exact) mass is 1080 g/mol. The number of hydrogen-bond donors (Lipinski definition) is 0. The molecular formula is C56H52BBr2IN2O2. The zero-order valence-electron chi connectivity index (χ0n) is 34.9. The van der Waals surface area contributed by atoms with Crippen molar-refractivity contribution in [2.45, 2.75) is 53.8 Å². The lowest BCUT2D eigenvalue weighted by Crippen LogP contribution is -2.41. The van der Waals surface area contributed by atoms with Crippen LogP contribution in [0, 0.1) is 3.57 Å². The summed E-state index contributed by atoms with van der Waals surface area (Å²) in [6, 6.07) is 68.1.